The number of hydrogen-bond acceptors (Lipinski definition) is 6. The van der Waals surface area contributed by atoms with Crippen LogP contribution in [-0.4, -0.2) is 27.8 Å². The van der Waals surface area contributed by atoms with E-state index >= 15 is 0 Å². The topological polar surface area (TPSA) is 105 Å². The molecule has 0 radical (unpaired) electrons. The summed E-state index contributed by atoms with van der Waals surface area (Å²) in [6.45, 7) is 4.57. The standard InChI is InChI=1S/C20H17FN2O6/c1-11-4-5-14(9-16(11)21)22-12(2)8-15(13(22)3)17(24)10-28-20(25)18-6-7-19(29-18)23(26)27/h4-9H,10H2,1-3H3. The zero-order valence-corrected chi connectivity index (χ0v) is 15.9. The van der Waals surface area contributed by atoms with Gasteiger partial charge in [-0.3, -0.25) is 14.9 Å². The van der Waals surface area contributed by atoms with E-state index in [1.165, 1.54) is 6.07 Å². The van der Waals surface area contributed by atoms with Crippen molar-refractivity contribution in [1.82, 2.24) is 4.57 Å². The maximum absolute atomic E-state index is 13.9. The number of hydrogen-bond donors (Lipinski definition) is 0. The van der Waals surface area contributed by atoms with Crippen LogP contribution >= 0.6 is 0 Å². The molecule has 0 aliphatic heterocycles. The summed E-state index contributed by atoms with van der Waals surface area (Å²) in [7, 11) is 0. The van der Waals surface area contributed by atoms with Crippen molar-refractivity contribution in [3.63, 3.8) is 0 Å². The summed E-state index contributed by atoms with van der Waals surface area (Å²) >= 11 is 0. The van der Waals surface area contributed by atoms with Crippen LogP contribution in [0.3, 0.4) is 0 Å². The monoisotopic (exact) mass is 400 g/mol. The number of Topliss-reactive ketones (excluding diaryl/α,β-unsaturated/α-hetero) is 1. The molecule has 8 nitrogen and oxygen atoms in total. The van der Waals surface area contributed by atoms with Crippen LogP contribution in [0.15, 0.2) is 40.8 Å². The first-order chi connectivity index (χ1) is 13.7. The number of rotatable bonds is 6. The van der Waals surface area contributed by atoms with Crippen LogP contribution in [0.5, 0.6) is 0 Å². The molecule has 0 saturated carbocycles. The molecule has 0 N–H and O–H groups in total. The molecule has 0 unspecified atom stereocenters. The predicted molar refractivity (Wildman–Crippen MR) is 99.9 cm³/mol. The van der Waals surface area contributed by atoms with Crippen molar-refractivity contribution in [3.05, 3.63) is 80.6 Å². The molecule has 0 aliphatic carbocycles. The second kappa shape index (κ2) is 7.70. The highest BCUT2D eigenvalue weighted by molar-refractivity contribution is 6.00. The summed E-state index contributed by atoms with van der Waals surface area (Å²) in [4.78, 5) is 34.3. The third kappa shape index (κ3) is 3.93. The quantitative estimate of drug-likeness (QED) is 0.267. The van der Waals surface area contributed by atoms with E-state index in [9.17, 15) is 24.1 Å². The number of benzene rings is 1. The van der Waals surface area contributed by atoms with Gasteiger partial charge in [0.25, 0.3) is 0 Å². The van der Waals surface area contributed by atoms with E-state index in [2.05, 4.69) is 0 Å². The summed E-state index contributed by atoms with van der Waals surface area (Å²) in [6.07, 6.45) is 0. The Kier molecular flexibility index (Phi) is 5.31. The third-order valence-corrected chi connectivity index (χ3v) is 4.45. The van der Waals surface area contributed by atoms with Crippen LogP contribution in [0.2, 0.25) is 0 Å². The predicted octanol–water partition coefficient (Wildman–Crippen LogP) is 4.08. The van der Waals surface area contributed by atoms with E-state index in [4.69, 9.17) is 9.15 Å². The van der Waals surface area contributed by atoms with Crippen molar-refractivity contribution in [2.45, 2.75) is 20.8 Å². The van der Waals surface area contributed by atoms with Crippen LogP contribution in [0.25, 0.3) is 5.69 Å². The molecule has 0 fully saturated rings. The minimum Gasteiger partial charge on any atom is -0.451 e. The van der Waals surface area contributed by atoms with Gasteiger partial charge in [0.15, 0.2) is 6.61 Å². The molecule has 0 bridgehead atoms. The summed E-state index contributed by atoms with van der Waals surface area (Å²) < 4.78 is 25.3. The molecular weight excluding hydrogens is 383 g/mol. The van der Waals surface area contributed by atoms with Crippen LogP contribution < -0.4 is 0 Å². The Morgan fingerprint density at radius 2 is 1.90 bits per heavy atom. The van der Waals surface area contributed by atoms with E-state index in [1.807, 2.05) is 0 Å². The molecule has 1 aromatic carbocycles. The lowest BCUT2D eigenvalue weighted by Gasteiger charge is -2.11. The first kappa shape index (κ1) is 20.0. The van der Waals surface area contributed by atoms with Gasteiger partial charge in [0.2, 0.25) is 11.5 Å². The first-order valence-corrected chi connectivity index (χ1v) is 8.59. The lowest BCUT2D eigenvalue weighted by molar-refractivity contribution is -0.402. The van der Waals surface area contributed by atoms with Crippen LogP contribution in [0.1, 0.15) is 37.9 Å². The molecule has 2 aromatic heterocycles. The molecule has 3 aromatic rings. The SMILES string of the molecule is Cc1ccc(-n2c(C)cc(C(=O)COC(=O)c3ccc([N+](=O)[O-])o3)c2C)cc1F. The number of furan rings is 1. The largest absolute Gasteiger partial charge is 0.451 e. The van der Waals surface area contributed by atoms with Crippen molar-refractivity contribution in [2.75, 3.05) is 6.61 Å². The Labute approximate surface area is 164 Å². The number of ketones is 1. The number of aromatic nitrogens is 1. The molecule has 9 heteroatoms. The van der Waals surface area contributed by atoms with Crippen molar-refractivity contribution >= 4 is 17.6 Å². The van der Waals surface area contributed by atoms with Crippen molar-refractivity contribution < 1.29 is 28.1 Å². The van der Waals surface area contributed by atoms with Crippen molar-refractivity contribution in [1.29, 1.82) is 0 Å². The molecule has 150 valence electrons. The van der Waals surface area contributed by atoms with Crippen molar-refractivity contribution in [3.8, 4) is 5.69 Å². The number of esters is 1. The highest BCUT2D eigenvalue weighted by Gasteiger charge is 2.22. The van der Waals surface area contributed by atoms with E-state index in [1.54, 1.807) is 43.5 Å². The van der Waals surface area contributed by atoms with Gasteiger partial charge in [-0.15, -0.1) is 0 Å². The average molecular weight is 400 g/mol. The minimum absolute atomic E-state index is 0.321. The fourth-order valence-electron chi connectivity index (χ4n) is 2.98. The number of carbonyl (C=O) groups is 2. The van der Waals surface area contributed by atoms with Crippen molar-refractivity contribution in [2.24, 2.45) is 0 Å². The lowest BCUT2D eigenvalue weighted by Crippen LogP contribution is -2.14. The van der Waals surface area contributed by atoms with Gasteiger partial charge < -0.3 is 13.7 Å². The molecule has 2 heterocycles. The molecular formula is C20H17FN2O6. The maximum Gasteiger partial charge on any atom is 0.433 e. The smallest absolute Gasteiger partial charge is 0.433 e. The molecule has 0 aliphatic rings. The number of nitro groups is 1. The lowest BCUT2D eigenvalue weighted by atomic mass is 10.1. The minimum atomic E-state index is -0.985. The normalized spacial score (nSPS) is 10.8. The van der Waals surface area contributed by atoms with Crippen LogP contribution in [0.4, 0.5) is 10.3 Å². The van der Waals surface area contributed by atoms with E-state index in [-0.39, 0.29) is 11.6 Å². The number of halogens is 1. The molecule has 0 atom stereocenters. The van der Waals surface area contributed by atoms with Gasteiger partial charge >= 0.3 is 11.9 Å². The number of nitrogens with zero attached hydrogens (tertiary/aromatic N) is 2. The highest BCUT2D eigenvalue weighted by Crippen LogP contribution is 2.23. The number of aryl methyl sites for hydroxylation is 2. The Morgan fingerprint density at radius 3 is 2.52 bits per heavy atom. The maximum atomic E-state index is 13.9. The first-order valence-electron chi connectivity index (χ1n) is 8.59. The number of ether oxygens (including phenoxy) is 1. The summed E-state index contributed by atoms with van der Waals surface area (Å²) in [5.41, 5.74) is 2.68. The summed E-state index contributed by atoms with van der Waals surface area (Å²) in [5, 5.41) is 10.6. The van der Waals surface area contributed by atoms with Gasteiger partial charge in [-0.1, -0.05) is 6.07 Å². The van der Waals surface area contributed by atoms with Gasteiger partial charge in [0, 0.05) is 22.6 Å². The van der Waals surface area contributed by atoms with Crippen LogP contribution in [-0.2, 0) is 4.74 Å². The zero-order chi connectivity index (χ0) is 21.3. The second-order valence-corrected chi connectivity index (χ2v) is 6.45. The summed E-state index contributed by atoms with van der Waals surface area (Å²) in [6, 6.07) is 8.52. The Balaban J connectivity index is 1.76. The molecule has 0 spiro atoms. The second-order valence-electron chi connectivity index (χ2n) is 6.45. The molecule has 3 rings (SSSR count). The van der Waals surface area contributed by atoms with Crippen LogP contribution in [0, 0.1) is 36.7 Å². The fraction of sp³-hybridized carbons (Fsp3) is 0.200. The average Bonchev–Trinajstić information content (AvgIpc) is 3.27. The Morgan fingerprint density at radius 1 is 1.17 bits per heavy atom. The Bertz CT molecular complexity index is 1130. The van der Waals surface area contributed by atoms with Gasteiger partial charge in [-0.25, -0.2) is 9.18 Å². The van der Waals surface area contributed by atoms with Gasteiger partial charge in [-0.2, -0.15) is 0 Å². The molecule has 0 amide bonds. The van der Waals surface area contributed by atoms with Gasteiger partial charge in [-0.05, 0) is 50.6 Å². The van der Waals surface area contributed by atoms with E-state index < -0.39 is 29.2 Å². The molecule has 29 heavy (non-hydrogen) atoms. The van der Waals surface area contributed by atoms with Gasteiger partial charge in [0.1, 0.15) is 10.7 Å². The number of carbonyl (C=O) groups excluding carboxylic acids is 2. The molecule has 0 saturated heterocycles. The zero-order valence-electron chi connectivity index (χ0n) is 15.9. The van der Waals surface area contributed by atoms with E-state index in [0.29, 0.717) is 28.2 Å². The highest BCUT2D eigenvalue weighted by atomic mass is 19.1. The fourth-order valence-corrected chi connectivity index (χ4v) is 2.98. The Hall–Kier alpha value is -3.75. The third-order valence-electron chi connectivity index (χ3n) is 4.45. The van der Waals surface area contributed by atoms with E-state index in [0.717, 1.165) is 12.1 Å². The van der Waals surface area contributed by atoms with Gasteiger partial charge in [0.05, 0.1) is 6.07 Å². The summed E-state index contributed by atoms with van der Waals surface area (Å²) in [5.74, 6) is -2.78.